The van der Waals surface area contributed by atoms with Gasteiger partial charge in [0.15, 0.2) is 5.03 Å². The van der Waals surface area contributed by atoms with E-state index in [0.29, 0.717) is 22.0 Å². The molecule has 0 bridgehead atoms. The summed E-state index contributed by atoms with van der Waals surface area (Å²) < 4.78 is 27.6. The third-order valence-electron chi connectivity index (χ3n) is 4.96. The zero-order chi connectivity index (χ0) is 22.6. The molecule has 1 amide bonds. The van der Waals surface area contributed by atoms with E-state index in [-0.39, 0.29) is 29.8 Å². The molecule has 0 unspecified atom stereocenters. The van der Waals surface area contributed by atoms with Crippen LogP contribution in [-0.4, -0.2) is 24.1 Å². The molecule has 32 heavy (non-hydrogen) atoms. The zero-order valence-corrected chi connectivity index (χ0v) is 17.9. The standard InChI is InChI=1S/C24H20N4O3S/c25-14-19-9-6-10-20(13-19)15-26-23(29)16-28-22-12-5-4-11-21(22)24(27-28)32(30,31)17-18-7-2-1-3-8-18/h1-13H,15-17H2,(H,26,29). The van der Waals surface area contributed by atoms with Gasteiger partial charge < -0.3 is 5.32 Å². The first-order valence-corrected chi connectivity index (χ1v) is 11.6. The van der Waals surface area contributed by atoms with Crippen LogP contribution in [0.15, 0.2) is 83.9 Å². The van der Waals surface area contributed by atoms with Crippen molar-refractivity contribution in [2.75, 3.05) is 0 Å². The van der Waals surface area contributed by atoms with Crippen LogP contribution in [-0.2, 0) is 33.5 Å². The smallest absolute Gasteiger partial charge is 0.242 e. The summed E-state index contributed by atoms with van der Waals surface area (Å²) in [6.07, 6.45) is 0. The van der Waals surface area contributed by atoms with Crippen molar-refractivity contribution >= 4 is 26.6 Å². The van der Waals surface area contributed by atoms with Gasteiger partial charge in [-0.15, -0.1) is 0 Å². The molecule has 0 spiro atoms. The van der Waals surface area contributed by atoms with Crippen LogP contribution in [0.1, 0.15) is 16.7 Å². The minimum Gasteiger partial charge on any atom is -0.350 e. The molecule has 160 valence electrons. The van der Waals surface area contributed by atoms with Gasteiger partial charge in [0.25, 0.3) is 0 Å². The Bertz CT molecular complexity index is 1420. The molecule has 4 rings (SSSR count). The van der Waals surface area contributed by atoms with Crippen LogP contribution >= 0.6 is 0 Å². The number of hydrogen-bond donors (Lipinski definition) is 1. The molecule has 0 aliphatic rings. The molecule has 8 heteroatoms. The number of nitrogens with one attached hydrogen (secondary N) is 1. The average molecular weight is 445 g/mol. The summed E-state index contributed by atoms with van der Waals surface area (Å²) in [5, 5.41) is 16.5. The van der Waals surface area contributed by atoms with E-state index in [2.05, 4.69) is 16.5 Å². The van der Waals surface area contributed by atoms with Gasteiger partial charge in [0.05, 0.1) is 22.9 Å². The van der Waals surface area contributed by atoms with Gasteiger partial charge in [-0.1, -0.05) is 54.6 Å². The van der Waals surface area contributed by atoms with Crippen molar-refractivity contribution in [3.05, 3.63) is 95.6 Å². The molecule has 0 fully saturated rings. The highest BCUT2D eigenvalue weighted by atomic mass is 32.2. The van der Waals surface area contributed by atoms with Gasteiger partial charge in [-0.3, -0.25) is 9.48 Å². The van der Waals surface area contributed by atoms with Gasteiger partial charge in [-0.25, -0.2) is 8.42 Å². The van der Waals surface area contributed by atoms with Gasteiger partial charge in [-0.05, 0) is 35.4 Å². The van der Waals surface area contributed by atoms with Crippen molar-refractivity contribution in [3.63, 3.8) is 0 Å². The van der Waals surface area contributed by atoms with Crippen molar-refractivity contribution in [1.82, 2.24) is 15.1 Å². The van der Waals surface area contributed by atoms with Gasteiger partial charge in [0.2, 0.25) is 15.7 Å². The monoisotopic (exact) mass is 444 g/mol. The fraction of sp³-hybridized carbons (Fsp3) is 0.125. The Morgan fingerprint density at radius 1 is 0.969 bits per heavy atom. The van der Waals surface area contributed by atoms with E-state index >= 15 is 0 Å². The Balaban J connectivity index is 1.56. The summed E-state index contributed by atoms with van der Waals surface area (Å²) in [4.78, 5) is 12.5. The molecule has 3 aromatic carbocycles. The molecule has 1 aromatic heterocycles. The third-order valence-corrected chi connectivity index (χ3v) is 6.56. The summed E-state index contributed by atoms with van der Waals surface area (Å²) in [5.41, 5.74) is 2.56. The predicted octanol–water partition coefficient (Wildman–Crippen LogP) is 3.20. The molecule has 0 aliphatic carbocycles. The van der Waals surface area contributed by atoms with Crippen LogP contribution in [0.4, 0.5) is 0 Å². The lowest BCUT2D eigenvalue weighted by molar-refractivity contribution is -0.121. The first-order valence-electron chi connectivity index (χ1n) is 9.94. The average Bonchev–Trinajstić information content (AvgIpc) is 3.18. The number of amides is 1. The molecule has 0 saturated carbocycles. The first-order chi connectivity index (χ1) is 15.5. The molecule has 0 aliphatic heterocycles. The molecule has 0 atom stereocenters. The number of carbonyl (C=O) groups excluding carboxylic acids is 1. The second-order valence-corrected chi connectivity index (χ2v) is 9.22. The van der Waals surface area contributed by atoms with E-state index in [0.717, 1.165) is 5.56 Å². The summed E-state index contributed by atoms with van der Waals surface area (Å²) in [7, 11) is -3.71. The van der Waals surface area contributed by atoms with E-state index in [1.165, 1.54) is 4.68 Å². The number of para-hydroxylation sites is 1. The SMILES string of the molecule is N#Cc1cccc(CNC(=O)Cn2nc(S(=O)(=O)Cc3ccccc3)c3ccccc32)c1. The van der Waals surface area contributed by atoms with Crippen molar-refractivity contribution in [2.24, 2.45) is 0 Å². The Morgan fingerprint density at radius 3 is 2.47 bits per heavy atom. The molecule has 4 aromatic rings. The Labute approximate surface area is 185 Å². The van der Waals surface area contributed by atoms with Crippen LogP contribution in [0.2, 0.25) is 0 Å². The number of aromatic nitrogens is 2. The molecule has 7 nitrogen and oxygen atoms in total. The topological polar surface area (TPSA) is 105 Å². The van der Waals surface area contributed by atoms with Crippen molar-refractivity contribution < 1.29 is 13.2 Å². The van der Waals surface area contributed by atoms with Crippen LogP contribution in [0.25, 0.3) is 10.9 Å². The largest absolute Gasteiger partial charge is 0.350 e. The highest BCUT2D eigenvalue weighted by Gasteiger charge is 2.24. The van der Waals surface area contributed by atoms with Gasteiger partial charge in [-0.2, -0.15) is 10.4 Å². The summed E-state index contributed by atoms with van der Waals surface area (Å²) in [6.45, 7) is 0.131. The maximum atomic E-state index is 13.1. The number of sulfone groups is 1. The van der Waals surface area contributed by atoms with E-state index < -0.39 is 9.84 Å². The number of benzene rings is 3. The van der Waals surface area contributed by atoms with E-state index in [1.807, 2.05) is 12.1 Å². The minimum atomic E-state index is -3.71. The maximum absolute atomic E-state index is 13.1. The summed E-state index contributed by atoms with van der Waals surface area (Å²) in [5.74, 6) is -0.483. The Morgan fingerprint density at radius 2 is 1.69 bits per heavy atom. The van der Waals surface area contributed by atoms with Crippen molar-refractivity contribution in [2.45, 2.75) is 23.9 Å². The predicted molar refractivity (Wildman–Crippen MR) is 120 cm³/mol. The second-order valence-electron chi connectivity index (χ2n) is 7.31. The summed E-state index contributed by atoms with van der Waals surface area (Å²) >= 11 is 0. The van der Waals surface area contributed by atoms with Gasteiger partial charge in [0.1, 0.15) is 6.54 Å². The Kier molecular flexibility index (Phi) is 6.01. The fourth-order valence-corrected chi connectivity index (χ4v) is 4.95. The second kappa shape index (κ2) is 9.04. The number of nitriles is 1. The van der Waals surface area contributed by atoms with Crippen LogP contribution in [0.5, 0.6) is 0 Å². The molecular weight excluding hydrogens is 424 g/mol. The lowest BCUT2D eigenvalue weighted by Crippen LogP contribution is -2.27. The maximum Gasteiger partial charge on any atom is 0.242 e. The molecule has 0 saturated heterocycles. The lowest BCUT2D eigenvalue weighted by Gasteiger charge is -2.07. The van der Waals surface area contributed by atoms with Crippen LogP contribution in [0.3, 0.4) is 0 Å². The van der Waals surface area contributed by atoms with Crippen molar-refractivity contribution in [3.8, 4) is 6.07 Å². The summed E-state index contributed by atoms with van der Waals surface area (Å²) in [6, 6.07) is 24.9. The molecule has 0 radical (unpaired) electrons. The highest BCUT2D eigenvalue weighted by molar-refractivity contribution is 7.90. The molecule has 1 heterocycles. The zero-order valence-electron chi connectivity index (χ0n) is 17.1. The quantitative estimate of drug-likeness (QED) is 0.471. The third kappa shape index (κ3) is 4.68. The highest BCUT2D eigenvalue weighted by Crippen LogP contribution is 2.25. The van der Waals surface area contributed by atoms with Crippen molar-refractivity contribution in [1.29, 1.82) is 5.26 Å². The fourth-order valence-electron chi connectivity index (χ4n) is 3.45. The molecule has 1 N–H and O–H groups in total. The van der Waals surface area contributed by atoms with E-state index in [9.17, 15) is 13.2 Å². The van der Waals surface area contributed by atoms with Gasteiger partial charge in [0, 0.05) is 11.9 Å². The van der Waals surface area contributed by atoms with Crippen LogP contribution < -0.4 is 5.32 Å². The molecular formula is C24H20N4O3S. The normalized spacial score (nSPS) is 11.2. The number of nitrogens with zero attached hydrogens (tertiary/aromatic N) is 3. The first kappa shape index (κ1) is 21.3. The van der Waals surface area contributed by atoms with Gasteiger partial charge >= 0.3 is 0 Å². The number of fused-ring (bicyclic) bond motifs is 1. The number of rotatable bonds is 7. The van der Waals surface area contributed by atoms with E-state index in [1.54, 1.807) is 66.7 Å². The van der Waals surface area contributed by atoms with Crippen LogP contribution in [0, 0.1) is 11.3 Å². The number of hydrogen-bond acceptors (Lipinski definition) is 5. The van der Waals surface area contributed by atoms with E-state index in [4.69, 9.17) is 5.26 Å². The number of carbonyl (C=O) groups is 1. The lowest BCUT2D eigenvalue weighted by atomic mass is 10.1. The minimum absolute atomic E-state index is 0.0357. The Hall–Kier alpha value is -3.96.